The van der Waals surface area contributed by atoms with Gasteiger partial charge < -0.3 is 4.74 Å². The lowest BCUT2D eigenvalue weighted by Crippen LogP contribution is -2.01. The van der Waals surface area contributed by atoms with Gasteiger partial charge in [0.2, 0.25) is 0 Å². The molecule has 1 aromatic carbocycles. The summed E-state index contributed by atoms with van der Waals surface area (Å²) in [5, 5.41) is 16.9. The van der Waals surface area contributed by atoms with Crippen molar-refractivity contribution in [3.63, 3.8) is 0 Å². The number of benzene rings is 1. The summed E-state index contributed by atoms with van der Waals surface area (Å²) >= 11 is 0. The quantitative estimate of drug-likeness (QED) is 0.742. The van der Waals surface area contributed by atoms with Crippen molar-refractivity contribution in [2.24, 2.45) is 0 Å². The highest BCUT2D eigenvalue weighted by Crippen LogP contribution is 2.24. The molecule has 21 heavy (non-hydrogen) atoms. The summed E-state index contributed by atoms with van der Waals surface area (Å²) in [7, 11) is 0. The fourth-order valence-corrected chi connectivity index (χ4v) is 1.97. The number of hydrogen-bond donors (Lipinski definition) is 0. The Kier molecular flexibility index (Phi) is 3.20. The summed E-state index contributed by atoms with van der Waals surface area (Å²) in [4.78, 5) is 0. The molecule has 2 heterocycles. The van der Waals surface area contributed by atoms with E-state index in [2.05, 4.69) is 14.9 Å². The SMILES string of the molecule is N#Cc1ccc2nnc(-c3cccc(OC(F)F)c3)n2c1. The van der Waals surface area contributed by atoms with Gasteiger partial charge in [-0.15, -0.1) is 10.2 Å². The minimum absolute atomic E-state index is 0.0377. The van der Waals surface area contributed by atoms with Crippen molar-refractivity contribution in [2.75, 3.05) is 0 Å². The average Bonchev–Trinajstić information content (AvgIpc) is 2.89. The van der Waals surface area contributed by atoms with Crippen LogP contribution in [0.15, 0.2) is 42.6 Å². The molecule has 0 spiro atoms. The number of ether oxygens (including phenoxy) is 1. The lowest BCUT2D eigenvalue weighted by atomic mass is 10.2. The molecule has 3 rings (SSSR count). The Morgan fingerprint density at radius 1 is 1.19 bits per heavy atom. The first-order valence-electron chi connectivity index (χ1n) is 5.97. The number of fused-ring (bicyclic) bond motifs is 1. The molecule has 0 saturated carbocycles. The van der Waals surface area contributed by atoms with Gasteiger partial charge in [-0.2, -0.15) is 14.0 Å². The van der Waals surface area contributed by atoms with Crippen LogP contribution in [0.3, 0.4) is 0 Å². The van der Waals surface area contributed by atoms with Gasteiger partial charge in [-0.3, -0.25) is 4.40 Å². The molecule has 0 aliphatic heterocycles. The molecule has 3 aromatic rings. The number of hydrogen-bond acceptors (Lipinski definition) is 4. The van der Waals surface area contributed by atoms with E-state index in [1.165, 1.54) is 12.1 Å². The van der Waals surface area contributed by atoms with E-state index in [0.717, 1.165) is 0 Å². The molecule has 0 atom stereocenters. The summed E-state index contributed by atoms with van der Waals surface area (Å²) in [6.45, 7) is -2.89. The van der Waals surface area contributed by atoms with Crippen LogP contribution in [0, 0.1) is 11.3 Å². The molecule has 0 saturated heterocycles. The van der Waals surface area contributed by atoms with Crippen molar-refractivity contribution in [2.45, 2.75) is 6.61 Å². The summed E-state index contributed by atoms with van der Waals surface area (Å²) in [5.74, 6) is 0.484. The van der Waals surface area contributed by atoms with Crippen molar-refractivity contribution in [1.29, 1.82) is 5.26 Å². The lowest BCUT2D eigenvalue weighted by Gasteiger charge is -2.06. The Labute approximate surface area is 118 Å². The standard InChI is InChI=1S/C14H8F2N4O/c15-14(16)21-11-3-1-2-10(6-11)13-19-18-12-5-4-9(7-17)8-20(12)13/h1-6,8,14H. The van der Waals surface area contributed by atoms with E-state index >= 15 is 0 Å². The summed E-state index contributed by atoms with van der Waals surface area (Å²) in [6.07, 6.45) is 1.59. The number of nitriles is 1. The number of alkyl halides is 2. The van der Waals surface area contributed by atoms with Crippen LogP contribution in [-0.4, -0.2) is 21.2 Å². The van der Waals surface area contributed by atoms with E-state index in [4.69, 9.17) is 5.26 Å². The summed E-state index contributed by atoms with van der Waals surface area (Å²) in [6, 6.07) is 11.5. The molecule has 7 heteroatoms. The van der Waals surface area contributed by atoms with Crippen molar-refractivity contribution in [3.8, 4) is 23.2 Å². The lowest BCUT2D eigenvalue weighted by molar-refractivity contribution is -0.0498. The van der Waals surface area contributed by atoms with Crippen LogP contribution < -0.4 is 4.74 Å². The average molecular weight is 286 g/mol. The molecule has 0 bridgehead atoms. The highest BCUT2D eigenvalue weighted by molar-refractivity contribution is 5.61. The van der Waals surface area contributed by atoms with Crippen LogP contribution in [0.2, 0.25) is 0 Å². The Morgan fingerprint density at radius 2 is 2.05 bits per heavy atom. The first-order chi connectivity index (χ1) is 10.2. The topological polar surface area (TPSA) is 63.2 Å². The second kappa shape index (κ2) is 5.17. The Bertz CT molecular complexity index is 838. The fourth-order valence-electron chi connectivity index (χ4n) is 1.97. The maximum Gasteiger partial charge on any atom is 0.387 e. The highest BCUT2D eigenvalue weighted by atomic mass is 19.3. The number of aromatic nitrogens is 3. The third kappa shape index (κ3) is 2.51. The summed E-state index contributed by atoms with van der Waals surface area (Å²) < 4.78 is 30.5. The monoisotopic (exact) mass is 286 g/mol. The largest absolute Gasteiger partial charge is 0.435 e. The van der Waals surface area contributed by atoms with E-state index in [9.17, 15) is 8.78 Å². The van der Waals surface area contributed by atoms with Crippen LogP contribution in [0.1, 0.15) is 5.56 Å². The van der Waals surface area contributed by atoms with Crippen LogP contribution in [0.25, 0.3) is 17.0 Å². The van der Waals surface area contributed by atoms with Crippen LogP contribution in [-0.2, 0) is 0 Å². The third-order valence-corrected chi connectivity index (χ3v) is 2.85. The minimum atomic E-state index is -2.89. The number of halogens is 2. The van der Waals surface area contributed by atoms with Gasteiger partial charge >= 0.3 is 6.61 Å². The maximum atomic E-state index is 12.3. The van der Waals surface area contributed by atoms with Crippen molar-refractivity contribution in [3.05, 3.63) is 48.2 Å². The molecule has 0 fully saturated rings. The Hall–Kier alpha value is -3.01. The van der Waals surface area contributed by atoms with E-state index in [-0.39, 0.29) is 5.75 Å². The zero-order valence-electron chi connectivity index (χ0n) is 10.6. The molecule has 0 aliphatic carbocycles. The van der Waals surface area contributed by atoms with Crippen LogP contribution in [0.5, 0.6) is 5.75 Å². The van der Waals surface area contributed by atoms with Crippen LogP contribution in [0.4, 0.5) is 8.78 Å². The molecule has 0 amide bonds. The van der Waals surface area contributed by atoms with E-state index in [0.29, 0.717) is 22.6 Å². The summed E-state index contributed by atoms with van der Waals surface area (Å²) in [5.41, 5.74) is 1.57. The van der Waals surface area contributed by atoms with Gasteiger partial charge in [-0.1, -0.05) is 12.1 Å². The van der Waals surface area contributed by atoms with Crippen LogP contribution >= 0.6 is 0 Å². The van der Waals surface area contributed by atoms with E-state index in [1.807, 2.05) is 6.07 Å². The van der Waals surface area contributed by atoms with Gasteiger partial charge in [0.25, 0.3) is 0 Å². The zero-order chi connectivity index (χ0) is 14.8. The highest BCUT2D eigenvalue weighted by Gasteiger charge is 2.11. The second-order valence-corrected chi connectivity index (χ2v) is 4.19. The normalized spacial score (nSPS) is 10.8. The fraction of sp³-hybridized carbons (Fsp3) is 0.0714. The maximum absolute atomic E-state index is 12.3. The van der Waals surface area contributed by atoms with Gasteiger partial charge in [0.1, 0.15) is 11.8 Å². The molecule has 0 unspecified atom stereocenters. The Balaban J connectivity index is 2.10. The predicted molar refractivity (Wildman–Crippen MR) is 69.8 cm³/mol. The van der Waals surface area contributed by atoms with Crippen molar-refractivity contribution < 1.29 is 13.5 Å². The predicted octanol–water partition coefficient (Wildman–Crippen LogP) is 2.87. The van der Waals surface area contributed by atoms with Gasteiger partial charge in [0.05, 0.1) is 5.56 Å². The number of nitrogens with zero attached hydrogens (tertiary/aromatic N) is 4. The molecule has 0 N–H and O–H groups in total. The van der Waals surface area contributed by atoms with E-state index in [1.54, 1.807) is 34.9 Å². The minimum Gasteiger partial charge on any atom is -0.435 e. The molecule has 0 aliphatic rings. The molecule has 104 valence electrons. The van der Waals surface area contributed by atoms with Gasteiger partial charge in [0.15, 0.2) is 11.5 Å². The van der Waals surface area contributed by atoms with Gasteiger partial charge in [-0.05, 0) is 24.3 Å². The van der Waals surface area contributed by atoms with Gasteiger partial charge in [0, 0.05) is 11.8 Å². The zero-order valence-corrected chi connectivity index (χ0v) is 10.6. The van der Waals surface area contributed by atoms with E-state index < -0.39 is 6.61 Å². The molecular weight excluding hydrogens is 278 g/mol. The number of pyridine rings is 1. The second-order valence-electron chi connectivity index (χ2n) is 4.19. The first-order valence-corrected chi connectivity index (χ1v) is 5.97. The van der Waals surface area contributed by atoms with Crippen molar-refractivity contribution >= 4 is 5.65 Å². The molecule has 5 nitrogen and oxygen atoms in total. The molecule has 0 radical (unpaired) electrons. The third-order valence-electron chi connectivity index (χ3n) is 2.85. The first kappa shape index (κ1) is 13.0. The smallest absolute Gasteiger partial charge is 0.387 e. The molecular formula is C14H8F2N4O. The van der Waals surface area contributed by atoms with Crippen molar-refractivity contribution in [1.82, 2.24) is 14.6 Å². The van der Waals surface area contributed by atoms with Gasteiger partial charge in [-0.25, -0.2) is 0 Å². The molecule has 2 aromatic heterocycles. The Morgan fingerprint density at radius 3 is 2.81 bits per heavy atom. The number of rotatable bonds is 3.